The second-order valence-corrected chi connectivity index (χ2v) is 6.56. The fourth-order valence-corrected chi connectivity index (χ4v) is 2.75. The normalized spacial score (nSPS) is 22.6. The Morgan fingerprint density at radius 1 is 1.26 bits per heavy atom. The molecule has 5 nitrogen and oxygen atoms in total. The molecule has 0 aromatic heterocycles. The number of para-hydroxylation sites is 2. The van der Waals surface area contributed by atoms with Gasteiger partial charge in [0, 0.05) is 12.6 Å². The van der Waals surface area contributed by atoms with Gasteiger partial charge in [-0.05, 0) is 31.9 Å². The van der Waals surface area contributed by atoms with Crippen molar-refractivity contribution in [1.29, 1.82) is 0 Å². The molecular formula is C13H20N2O3S. The molecule has 1 aromatic rings. The molecule has 1 saturated carbocycles. The van der Waals surface area contributed by atoms with Crippen LogP contribution >= 0.6 is 0 Å². The second kappa shape index (κ2) is 5.79. The molecule has 19 heavy (non-hydrogen) atoms. The average molecular weight is 284 g/mol. The summed E-state index contributed by atoms with van der Waals surface area (Å²) in [5, 5.41) is 3.35. The first kappa shape index (κ1) is 14.1. The monoisotopic (exact) mass is 284 g/mol. The van der Waals surface area contributed by atoms with Gasteiger partial charge in [0.2, 0.25) is 10.0 Å². The summed E-state index contributed by atoms with van der Waals surface area (Å²) in [5.74, 6) is 0. The maximum atomic E-state index is 11.3. The molecule has 2 rings (SSSR count). The molecule has 106 valence electrons. The number of anilines is 2. The molecule has 0 radical (unpaired) electrons. The molecule has 0 spiro atoms. The molecule has 0 unspecified atom stereocenters. The lowest BCUT2D eigenvalue weighted by atomic mass is 9.89. The van der Waals surface area contributed by atoms with Crippen molar-refractivity contribution < 1.29 is 13.2 Å². The van der Waals surface area contributed by atoms with Crippen molar-refractivity contribution in [1.82, 2.24) is 0 Å². The Balaban J connectivity index is 1.98. The van der Waals surface area contributed by atoms with E-state index < -0.39 is 10.0 Å². The summed E-state index contributed by atoms with van der Waals surface area (Å²) in [6.07, 6.45) is 3.40. The first-order valence-corrected chi connectivity index (χ1v) is 8.32. The van der Waals surface area contributed by atoms with Crippen molar-refractivity contribution in [2.24, 2.45) is 0 Å². The van der Waals surface area contributed by atoms with Gasteiger partial charge in [0.15, 0.2) is 0 Å². The van der Waals surface area contributed by atoms with Crippen LogP contribution in [0.2, 0.25) is 0 Å². The quantitative estimate of drug-likeness (QED) is 0.839. The lowest BCUT2D eigenvalue weighted by Crippen LogP contribution is -2.41. The maximum Gasteiger partial charge on any atom is 0.229 e. The van der Waals surface area contributed by atoms with Crippen molar-refractivity contribution in [3.05, 3.63) is 24.3 Å². The lowest BCUT2D eigenvalue weighted by Gasteiger charge is -2.36. The van der Waals surface area contributed by atoms with E-state index in [0.29, 0.717) is 17.8 Å². The minimum atomic E-state index is -3.26. The number of nitrogens with one attached hydrogen (secondary N) is 2. The third-order valence-electron chi connectivity index (χ3n) is 3.08. The molecule has 1 aliphatic carbocycles. The molecule has 0 amide bonds. The predicted octanol–water partition coefficient (Wildman–Crippen LogP) is 2.04. The third-order valence-corrected chi connectivity index (χ3v) is 3.67. The van der Waals surface area contributed by atoms with Crippen LogP contribution in [0, 0.1) is 0 Å². The van der Waals surface area contributed by atoms with Crippen molar-refractivity contribution in [2.75, 3.05) is 22.9 Å². The van der Waals surface area contributed by atoms with Crippen molar-refractivity contribution in [3.8, 4) is 0 Å². The van der Waals surface area contributed by atoms with Gasteiger partial charge in [-0.1, -0.05) is 12.1 Å². The van der Waals surface area contributed by atoms with Crippen LogP contribution in [0.4, 0.5) is 11.4 Å². The highest BCUT2D eigenvalue weighted by Crippen LogP contribution is 2.30. The van der Waals surface area contributed by atoms with Crippen LogP contribution in [-0.4, -0.2) is 33.4 Å². The van der Waals surface area contributed by atoms with Crippen LogP contribution in [0.15, 0.2) is 24.3 Å². The van der Waals surface area contributed by atoms with E-state index >= 15 is 0 Å². The van der Waals surface area contributed by atoms with Gasteiger partial charge in [0.25, 0.3) is 0 Å². The number of hydrogen-bond acceptors (Lipinski definition) is 4. The zero-order valence-corrected chi connectivity index (χ0v) is 12.0. The van der Waals surface area contributed by atoms with Gasteiger partial charge in [0.05, 0.1) is 23.7 Å². The Hall–Kier alpha value is -1.27. The zero-order valence-electron chi connectivity index (χ0n) is 11.2. The summed E-state index contributed by atoms with van der Waals surface area (Å²) in [4.78, 5) is 0. The van der Waals surface area contributed by atoms with Crippen LogP contribution in [0.25, 0.3) is 0 Å². The highest BCUT2D eigenvalue weighted by atomic mass is 32.2. The van der Waals surface area contributed by atoms with Gasteiger partial charge in [-0.25, -0.2) is 8.42 Å². The van der Waals surface area contributed by atoms with Crippen LogP contribution < -0.4 is 10.0 Å². The highest BCUT2D eigenvalue weighted by molar-refractivity contribution is 7.92. The average Bonchev–Trinajstić information content (AvgIpc) is 2.26. The summed E-state index contributed by atoms with van der Waals surface area (Å²) in [7, 11) is -3.26. The maximum absolute atomic E-state index is 11.3. The standard InChI is InChI=1S/C13H20N2O3S/c1-3-18-11-8-10(9-11)14-12-6-4-5-7-13(12)15-19(2,16)17/h4-7,10-11,14-15H,3,8-9H2,1-2H3. The summed E-state index contributed by atoms with van der Waals surface area (Å²) < 4.78 is 30.6. The third kappa shape index (κ3) is 4.11. The van der Waals surface area contributed by atoms with Crippen LogP contribution in [0.5, 0.6) is 0 Å². The fraction of sp³-hybridized carbons (Fsp3) is 0.538. The molecule has 0 saturated heterocycles. The summed E-state index contributed by atoms with van der Waals surface area (Å²) in [6, 6.07) is 7.67. The smallest absolute Gasteiger partial charge is 0.229 e. The molecule has 2 N–H and O–H groups in total. The molecule has 6 heteroatoms. The zero-order chi connectivity index (χ0) is 13.9. The van der Waals surface area contributed by atoms with E-state index in [1.165, 1.54) is 0 Å². The Kier molecular flexibility index (Phi) is 4.31. The van der Waals surface area contributed by atoms with Crippen LogP contribution in [-0.2, 0) is 14.8 Å². The lowest BCUT2D eigenvalue weighted by molar-refractivity contribution is 0.00300. The molecule has 1 fully saturated rings. The summed E-state index contributed by atoms with van der Waals surface area (Å²) in [5.41, 5.74) is 1.40. The van der Waals surface area contributed by atoms with E-state index in [0.717, 1.165) is 31.4 Å². The minimum Gasteiger partial charge on any atom is -0.380 e. The Morgan fingerprint density at radius 3 is 2.47 bits per heavy atom. The molecular weight excluding hydrogens is 264 g/mol. The first-order valence-electron chi connectivity index (χ1n) is 6.43. The number of ether oxygens (including phenoxy) is 1. The Bertz CT molecular complexity index is 524. The molecule has 0 bridgehead atoms. The van der Waals surface area contributed by atoms with Crippen molar-refractivity contribution in [2.45, 2.75) is 31.9 Å². The molecule has 0 aliphatic heterocycles. The van der Waals surface area contributed by atoms with Crippen LogP contribution in [0.3, 0.4) is 0 Å². The predicted molar refractivity (Wildman–Crippen MR) is 77.0 cm³/mol. The minimum absolute atomic E-state index is 0.331. The number of hydrogen-bond donors (Lipinski definition) is 2. The Labute approximate surface area is 114 Å². The molecule has 1 aromatic carbocycles. The van der Waals surface area contributed by atoms with Gasteiger partial charge in [-0.2, -0.15) is 0 Å². The van der Waals surface area contributed by atoms with Gasteiger partial charge in [-0.3, -0.25) is 4.72 Å². The SMILES string of the molecule is CCOC1CC(Nc2ccccc2NS(C)(=O)=O)C1. The molecule has 0 atom stereocenters. The second-order valence-electron chi connectivity index (χ2n) is 4.81. The van der Waals surface area contributed by atoms with E-state index in [1.807, 2.05) is 25.1 Å². The Morgan fingerprint density at radius 2 is 1.89 bits per heavy atom. The van der Waals surface area contributed by atoms with E-state index in [1.54, 1.807) is 6.07 Å². The van der Waals surface area contributed by atoms with Crippen molar-refractivity contribution in [3.63, 3.8) is 0 Å². The number of sulfonamides is 1. The van der Waals surface area contributed by atoms with Gasteiger partial charge >= 0.3 is 0 Å². The number of rotatable bonds is 6. The molecule has 0 heterocycles. The number of benzene rings is 1. The van der Waals surface area contributed by atoms with Gasteiger partial charge in [-0.15, -0.1) is 0 Å². The summed E-state index contributed by atoms with van der Waals surface area (Å²) >= 11 is 0. The largest absolute Gasteiger partial charge is 0.380 e. The van der Waals surface area contributed by atoms with E-state index in [4.69, 9.17) is 4.74 Å². The first-order chi connectivity index (χ1) is 8.98. The van der Waals surface area contributed by atoms with E-state index in [2.05, 4.69) is 10.0 Å². The van der Waals surface area contributed by atoms with Crippen LogP contribution in [0.1, 0.15) is 19.8 Å². The van der Waals surface area contributed by atoms with Gasteiger partial charge in [0.1, 0.15) is 0 Å². The highest BCUT2D eigenvalue weighted by Gasteiger charge is 2.29. The van der Waals surface area contributed by atoms with Crippen molar-refractivity contribution >= 4 is 21.4 Å². The molecule has 1 aliphatic rings. The fourth-order valence-electron chi connectivity index (χ4n) is 2.17. The van der Waals surface area contributed by atoms with E-state index in [-0.39, 0.29) is 0 Å². The topological polar surface area (TPSA) is 67.4 Å². The van der Waals surface area contributed by atoms with Gasteiger partial charge < -0.3 is 10.1 Å². The summed E-state index contributed by atoms with van der Waals surface area (Å²) in [6.45, 7) is 2.73. The van der Waals surface area contributed by atoms with E-state index in [9.17, 15) is 8.42 Å².